The maximum Gasteiger partial charge on any atom is 0.143 e. The third kappa shape index (κ3) is 5.52. The Balaban J connectivity index is 1.08. The summed E-state index contributed by atoms with van der Waals surface area (Å²) in [5.74, 6) is 2.17. The molecule has 4 fully saturated rings. The molecule has 7 rings (SSSR count). The first kappa shape index (κ1) is 33.0. The summed E-state index contributed by atoms with van der Waals surface area (Å²) in [6.07, 6.45) is 7.55. The van der Waals surface area contributed by atoms with E-state index in [2.05, 4.69) is 112 Å². The molecule has 0 heterocycles. The van der Waals surface area contributed by atoms with E-state index in [4.69, 9.17) is 4.74 Å². The van der Waals surface area contributed by atoms with E-state index in [1.54, 1.807) is 0 Å². The molecule has 4 saturated carbocycles. The van der Waals surface area contributed by atoms with Crippen LogP contribution in [0, 0.1) is 46.3 Å². The lowest BCUT2D eigenvalue weighted by Crippen LogP contribution is -2.62. The number of hydrogen-bond acceptors (Lipinski definition) is 4. The van der Waals surface area contributed by atoms with Gasteiger partial charge in [-0.3, -0.25) is 0 Å². The largest absolute Gasteiger partial charge is 0.393 e. The van der Waals surface area contributed by atoms with Crippen molar-refractivity contribution in [3.63, 3.8) is 0 Å². The van der Waals surface area contributed by atoms with Gasteiger partial charge in [0.1, 0.15) is 5.60 Å². The number of aliphatic hydroxyl groups is 3. The minimum Gasteiger partial charge on any atom is -0.393 e. The SMILES string of the molecule is CC(CCCOC(c1ccccc1)(c1ccccc1)c1ccccc1)C1CCC2C3C(O)CC4CC(O)CCC4(C)C3CC(O)C12C. The Bertz CT molecular complexity index is 1360. The first-order chi connectivity index (χ1) is 22.7. The summed E-state index contributed by atoms with van der Waals surface area (Å²) in [6, 6.07) is 31.8. The number of ether oxygens (including phenoxy) is 1. The van der Waals surface area contributed by atoms with E-state index >= 15 is 0 Å². The van der Waals surface area contributed by atoms with Crippen molar-refractivity contribution in [1.82, 2.24) is 0 Å². The van der Waals surface area contributed by atoms with Gasteiger partial charge in [0.25, 0.3) is 0 Å². The number of hydrogen-bond donors (Lipinski definition) is 3. The molecule has 0 amide bonds. The zero-order chi connectivity index (χ0) is 32.8. The molecule has 4 nitrogen and oxygen atoms in total. The summed E-state index contributed by atoms with van der Waals surface area (Å²) in [6.45, 7) is 7.80. The summed E-state index contributed by atoms with van der Waals surface area (Å²) in [5, 5.41) is 34.2. The van der Waals surface area contributed by atoms with E-state index in [1.165, 1.54) is 0 Å². The average molecular weight is 637 g/mol. The maximum atomic E-state index is 12.0. The first-order valence-corrected chi connectivity index (χ1v) is 18.5. The van der Waals surface area contributed by atoms with Crippen LogP contribution in [0.5, 0.6) is 0 Å². The molecule has 0 aromatic heterocycles. The minimum absolute atomic E-state index is 0.106. The number of aliphatic hydroxyl groups excluding tert-OH is 3. The van der Waals surface area contributed by atoms with Crippen molar-refractivity contribution in [3.8, 4) is 0 Å². The number of fused-ring (bicyclic) bond motifs is 5. The van der Waals surface area contributed by atoms with Gasteiger partial charge in [-0.25, -0.2) is 0 Å². The first-order valence-electron chi connectivity index (χ1n) is 18.5. The second-order valence-corrected chi connectivity index (χ2v) is 16.3. The van der Waals surface area contributed by atoms with Crippen molar-refractivity contribution in [1.29, 1.82) is 0 Å². The van der Waals surface area contributed by atoms with Crippen molar-refractivity contribution in [2.45, 2.75) is 102 Å². The van der Waals surface area contributed by atoms with Crippen LogP contribution in [0.15, 0.2) is 91.0 Å². The van der Waals surface area contributed by atoms with Crippen LogP contribution in [0.25, 0.3) is 0 Å². The minimum atomic E-state index is -0.702. The molecular weight excluding hydrogens is 580 g/mol. The third-order valence-electron chi connectivity index (χ3n) is 14.2. The highest BCUT2D eigenvalue weighted by molar-refractivity contribution is 5.47. The van der Waals surface area contributed by atoms with Gasteiger partial charge >= 0.3 is 0 Å². The molecule has 11 unspecified atom stereocenters. The Morgan fingerprint density at radius 2 is 1.32 bits per heavy atom. The quantitative estimate of drug-likeness (QED) is 0.163. The molecule has 3 aromatic rings. The molecule has 0 aliphatic heterocycles. The van der Waals surface area contributed by atoms with E-state index < -0.39 is 5.60 Å². The fraction of sp³-hybridized carbons (Fsp3) is 0.581. The average Bonchev–Trinajstić information content (AvgIpc) is 3.45. The highest BCUT2D eigenvalue weighted by atomic mass is 16.5. The van der Waals surface area contributed by atoms with Crippen molar-refractivity contribution in [2.24, 2.45) is 46.3 Å². The Morgan fingerprint density at radius 1 is 0.745 bits per heavy atom. The van der Waals surface area contributed by atoms with Crippen LogP contribution >= 0.6 is 0 Å². The van der Waals surface area contributed by atoms with Crippen LogP contribution in [0.2, 0.25) is 0 Å². The molecule has 47 heavy (non-hydrogen) atoms. The molecule has 4 aliphatic rings. The predicted octanol–water partition coefficient (Wildman–Crippen LogP) is 8.37. The van der Waals surface area contributed by atoms with Crippen molar-refractivity contribution in [2.75, 3.05) is 6.61 Å². The Hall–Kier alpha value is -2.50. The van der Waals surface area contributed by atoms with Gasteiger partial charge in [0.05, 0.1) is 18.3 Å². The van der Waals surface area contributed by atoms with E-state index in [9.17, 15) is 15.3 Å². The Kier molecular flexibility index (Phi) is 9.19. The zero-order valence-electron chi connectivity index (χ0n) is 28.7. The molecule has 0 radical (unpaired) electrons. The Labute approximate surface area is 282 Å². The molecule has 3 aromatic carbocycles. The predicted molar refractivity (Wildman–Crippen MR) is 188 cm³/mol. The topological polar surface area (TPSA) is 69.9 Å². The summed E-state index contributed by atoms with van der Waals surface area (Å²) in [5.41, 5.74) is 2.62. The van der Waals surface area contributed by atoms with Gasteiger partial charge in [-0.2, -0.15) is 0 Å². The summed E-state index contributed by atoms with van der Waals surface area (Å²) in [7, 11) is 0. The van der Waals surface area contributed by atoms with Crippen LogP contribution in [0.1, 0.15) is 95.2 Å². The van der Waals surface area contributed by atoms with Crippen LogP contribution in [-0.2, 0) is 10.3 Å². The van der Waals surface area contributed by atoms with Crippen LogP contribution in [-0.4, -0.2) is 40.2 Å². The second kappa shape index (κ2) is 13.1. The lowest BCUT2D eigenvalue weighted by Gasteiger charge is -2.63. The lowest BCUT2D eigenvalue weighted by molar-refractivity contribution is -0.207. The molecular formula is C43H56O4. The molecule has 4 heteroatoms. The summed E-state index contributed by atoms with van der Waals surface area (Å²) >= 11 is 0. The van der Waals surface area contributed by atoms with Gasteiger partial charge in [-0.1, -0.05) is 112 Å². The smallest absolute Gasteiger partial charge is 0.143 e. The van der Waals surface area contributed by atoms with E-state index in [1.807, 2.05) is 0 Å². The molecule has 11 atom stereocenters. The molecule has 3 N–H and O–H groups in total. The maximum absolute atomic E-state index is 12.0. The molecule has 4 aliphatic carbocycles. The highest BCUT2D eigenvalue weighted by Crippen LogP contribution is 2.68. The monoisotopic (exact) mass is 636 g/mol. The zero-order valence-corrected chi connectivity index (χ0v) is 28.7. The van der Waals surface area contributed by atoms with Crippen LogP contribution < -0.4 is 0 Å². The fourth-order valence-electron chi connectivity index (χ4n) is 11.7. The summed E-state index contributed by atoms with van der Waals surface area (Å²) < 4.78 is 7.11. The fourth-order valence-corrected chi connectivity index (χ4v) is 11.7. The normalized spacial score (nSPS) is 37.4. The van der Waals surface area contributed by atoms with Crippen molar-refractivity contribution in [3.05, 3.63) is 108 Å². The van der Waals surface area contributed by atoms with E-state index in [-0.39, 0.29) is 35.1 Å². The van der Waals surface area contributed by atoms with Gasteiger partial charge in [0.15, 0.2) is 0 Å². The van der Waals surface area contributed by atoms with Gasteiger partial charge < -0.3 is 20.1 Å². The summed E-state index contributed by atoms with van der Waals surface area (Å²) in [4.78, 5) is 0. The molecule has 0 saturated heterocycles. The van der Waals surface area contributed by atoms with E-state index in [0.29, 0.717) is 36.2 Å². The van der Waals surface area contributed by atoms with Gasteiger partial charge in [-0.15, -0.1) is 0 Å². The van der Waals surface area contributed by atoms with Crippen LogP contribution in [0.3, 0.4) is 0 Å². The van der Waals surface area contributed by atoms with Gasteiger partial charge in [0.2, 0.25) is 0 Å². The molecule has 252 valence electrons. The van der Waals surface area contributed by atoms with Gasteiger partial charge in [-0.05, 0) is 121 Å². The number of rotatable bonds is 9. The molecule has 0 bridgehead atoms. The number of benzene rings is 3. The standard InChI is InChI=1S/C43H56O4/c1-29(14-13-25-47-43(30-15-7-4-8-16-30,31-17-9-5-10-18-31)32-19-11-6-12-20-32)35-21-22-36-40-37(28-39(46)42(35,36)3)41(2)24-23-34(44)26-33(41)27-38(40)45/h4-12,15-20,29,33-40,44-46H,13-14,21-28H2,1-3H3. The van der Waals surface area contributed by atoms with Crippen molar-refractivity contribution >= 4 is 0 Å². The highest BCUT2D eigenvalue weighted by Gasteiger charge is 2.65. The Morgan fingerprint density at radius 3 is 1.89 bits per heavy atom. The second-order valence-electron chi connectivity index (χ2n) is 16.3. The van der Waals surface area contributed by atoms with E-state index in [0.717, 1.165) is 74.5 Å². The van der Waals surface area contributed by atoms with Crippen LogP contribution in [0.4, 0.5) is 0 Å². The third-order valence-corrected chi connectivity index (χ3v) is 14.2. The van der Waals surface area contributed by atoms with Crippen molar-refractivity contribution < 1.29 is 20.1 Å². The van der Waals surface area contributed by atoms with Gasteiger partial charge in [0, 0.05) is 6.61 Å². The molecule has 0 spiro atoms. The lowest BCUT2D eigenvalue weighted by atomic mass is 9.43.